The quantitative estimate of drug-likeness (QED) is 0.911. The summed E-state index contributed by atoms with van der Waals surface area (Å²) in [6.07, 6.45) is 1.38. The van der Waals surface area contributed by atoms with Gasteiger partial charge in [0, 0.05) is 17.9 Å². The summed E-state index contributed by atoms with van der Waals surface area (Å²) in [6, 6.07) is 18.1. The molecule has 1 unspecified atom stereocenters. The number of sulfonamides is 1. The molecule has 0 saturated heterocycles. The average molecular weight is 330 g/mol. The molecule has 1 atom stereocenters. The highest BCUT2D eigenvalue weighted by Gasteiger charge is 2.28. The number of hydrogen-bond donors (Lipinski definition) is 1. The standard InChI is InChI=1S/C18H22N2O2S/c1-2-14-23(21,22)19-17-12-13-20(15-8-4-3-5-9-15)18-11-7-6-10-16(17)18/h3-11,17,19H,2,12-14H2,1H3. The van der Waals surface area contributed by atoms with Crippen LogP contribution in [0, 0.1) is 0 Å². The molecule has 0 spiro atoms. The molecule has 3 rings (SSSR count). The van der Waals surface area contributed by atoms with Gasteiger partial charge in [-0.3, -0.25) is 0 Å². The molecule has 23 heavy (non-hydrogen) atoms. The number of rotatable bonds is 5. The van der Waals surface area contributed by atoms with Crippen molar-refractivity contribution in [2.24, 2.45) is 0 Å². The first-order valence-electron chi connectivity index (χ1n) is 8.02. The first-order chi connectivity index (χ1) is 11.1. The lowest BCUT2D eigenvalue weighted by Crippen LogP contribution is -2.37. The summed E-state index contributed by atoms with van der Waals surface area (Å²) < 4.78 is 27.1. The van der Waals surface area contributed by atoms with E-state index < -0.39 is 10.0 Å². The van der Waals surface area contributed by atoms with E-state index in [1.807, 2.05) is 43.3 Å². The number of benzene rings is 2. The molecule has 1 N–H and O–H groups in total. The molecule has 0 radical (unpaired) electrons. The van der Waals surface area contributed by atoms with Crippen molar-refractivity contribution < 1.29 is 8.42 Å². The Balaban J connectivity index is 1.92. The fourth-order valence-electron chi connectivity index (χ4n) is 3.11. The second kappa shape index (κ2) is 6.72. The Kier molecular flexibility index (Phi) is 4.68. The van der Waals surface area contributed by atoms with Crippen molar-refractivity contribution in [1.29, 1.82) is 0 Å². The maximum atomic E-state index is 12.1. The number of fused-ring (bicyclic) bond motifs is 1. The number of para-hydroxylation sites is 2. The topological polar surface area (TPSA) is 49.4 Å². The van der Waals surface area contributed by atoms with Crippen LogP contribution in [0.3, 0.4) is 0 Å². The van der Waals surface area contributed by atoms with Gasteiger partial charge in [-0.25, -0.2) is 13.1 Å². The van der Waals surface area contributed by atoms with Crippen LogP contribution in [0.25, 0.3) is 0 Å². The Morgan fingerprint density at radius 1 is 1.09 bits per heavy atom. The zero-order valence-electron chi connectivity index (χ0n) is 13.3. The molecule has 0 aliphatic carbocycles. The lowest BCUT2D eigenvalue weighted by atomic mass is 9.96. The molecular formula is C18H22N2O2S. The molecule has 2 aromatic carbocycles. The third-order valence-electron chi connectivity index (χ3n) is 4.11. The normalized spacial score (nSPS) is 17.8. The summed E-state index contributed by atoms with van der Waals surface area (Å²) >= 11 is 0. The minimum atomic E-state index is -3.22. The lowest BCUT2D eigenvalue weighted by molar-refractivity contribution is 0.531. The molecular weight excluding hydrogens is 308 g/mol. The van der Waals surface area contributed by atoms with E-state index in [1.54, 1.807) is 0 Å². The van der Waals surface area contributed by atoms with Gasteiger partial charge in [0.1, 0.15) is 0 Å². The summed E-state index contributed by atoms with van der Waals surface area (Å²) in [4.78, 5) is 2.25. The van der Waals surface area contributed by atoms with E-state index in [0.717, 1.165) is 29.9 Å². The van der Waals surface area contributed by atoms with Gasteiger partial charge in [-0.15, -0.1) is 0 Å². The molecule has 0 amide bonds. The predicted octanol–water partition coefficient (Wildman–Crippen LogP) is 3.60. The second-order valence-electron chi connectivity index (χ2n) is 5.82. The van der Waals surface area contributed by atoms with Crippen molar-refractivity contribution in [3.63, 3.8) is 0 Å². The molecule has 1 aliphatic heterocycles. The van der Waals surface area contributed by atoms with Crippen LogP contribution in [0.1, 0.15) is 31.4 Å². The van der Waals surface area contributed by atoms with Gasteiger partial charge < -0.3 is 4.90 Å². The van der Waals surface area contributed by atoms with Crippen molar-refractivity contribution in [2.45, 2.75) is 25.8 Å². The number of anilines is 2. The maximum absolute atomic E-state index is 12.1. The van der Waals surface area contributed by atoms with E-state index in [1.165, 1.54) is 0 Å². The van der Waals surface area contributed by atoms with Crippen molar-refractivity contribution in [3.8, 4) is 0 Å². The summed E-state index contributed by atoms with van der Waals surface area (Å²) in [5.74, 6) is 0.175. The Labute approximate surface area is 138 Å². The highest BCUT2D eigenvalue weighted by Crippen LogP contribution is 2.38. The molecule has 122 valence electrons. The summed E-state index contributed by atoms with van der Waals surface area (Å²) in [6.45, 7) is 2.67. The lowest BCUT2D eigenvalue weighted by Gasteiger charge is -2.36. The third-order valence-corrected chi connectivity index (χ3v) is 5.70. The summed E-state index contributed by atoms with van der Waals surface area (Å²) in [5.41, 5.74) is 3.26. The van der Waals surface area contributed by atoms with Gasteiger partial charge in [0.05, 0.1) is 11.8 Å². The van der Waals surface area contributed by atoms with Crippen LogP contribution >= 0.6 is 0 Å². The largest absolute Gasteiger partial charge is 0.341 e. The Morgan fingerprint density at radius 3 is 2.52 bits per heavy atom. The Bertz CT molecular complexity index is 760. The number of nitrogens with zero attached hydrogens (tertiary/aromatic N) is 1. The van der Waals surface area contributed by atoms with E-state index >= 15 is 0 Å². The van der Waals surface area contributed by atoms with Gasteiger partial charge in [0.15, 0.2) is 0 Å². The van der Waals surface area contributed by atoms with Crippen LogP contribution in [-0.2, 0) is 10.0 Å². The van der Waals surface area contributed by atoms with Gasteiger partial charge >= 0.3 is 0 Å². The number of nitrogens with one attached hydrogen (secondary N) is 1. The first kappa shape index (κ1) is 16.0. The van der Waals surface area contributed by atoms with Gasteiger partial charge in [-0.2, -0.15) is 0 Å². The SMILES string of the molecule is CCCS(=O)(=O)NC1CCN(c2ccccc2)c2ccccc21. The van der Waals surface area contributed by atoms with Gasteiger partial charge in [0.25, 0.3) is 0 Å². The zero-order chi connectivity index (χ0) is 16.3. The van der Waals surface area contributed by atoms with E-state index in [4.69, 9.17) is 0 Å². The van der Waals surface area contributed by atoms with Crippen molar-refractivity contribution >= 4 is 21.4 Å². The van der Waals surface area contributed by atoms with Gasteiger partial charge in [-0.05, 0) is 36.6 Å². The maximum Gasteiger partial charge on any atom is 0.212 e. The van der Waals surface area contributed by atoms with Gasteiger partial charge in [-0.1, -0.05) is 43.3 Å². The monoisotopic (exact) mass is 330 g/mol. The van der Waals surface area contributed by atoms with Crippen LogP contribution in [0.5, 0.6) is 0 Å². The smallest absolute Gasteiger partial charge is 0.212 e. The highest BCUT2D eigenvalue weighted by atomic mass is 32.2. The third kappa shape index (κ3) is 3.57. The second-order valence-corrected chi connectivity index (χ2v) is 7.70. The molecule has 0 saturated carbocycles. The highest BCUT2D eigenvalue weighted by molar-refractivity contribution is 7.89. The Morgan fingerprint density at radius 2 is 1.78 bits per heavy atom. The fourth-order valence-corrected chi connectivity index (χ4v) is 4.44. The van der Waals surface area contributed by atoms with Crippen LogP contribution in [0.2, 0.25) is 0 Å². The van der Waals surface area contributed by atoms with Crippen molar-refractivity contribution in [1.82, 2.24) is 4.72 Å². The average Bonchev–Trinajstić information content (AvgIpc) is 2.55. The molecule has 0 fully saturated rings. The van der Waals surface area contributed by atoms with E-state index in [9.17, 15) is 8.42 Å². The summed E-state index contributed by atoms with van der Waals surface area (Å²) in [7, 11) is -3.22. The van der Waals surface area contributed by atoms with E-state index in [0.29, 0.717) is 6.42 Å². The van der Waals surface area contributed by atoms with Crippen molar-refractivity contribution in [3.05, 3.63) is 60.2 Å². The minimum absolute atomic E-state index is 0.150. The molecule has 5 heteroatoms. The molecule has 0 aromatic heterocycles. The Hall–Kier alpha value is -1.85. The van der Waals surface area contributed by atoms with E-state index in [-0.39, 0.29) is 11.8 Å². The summed E-state index contributed by atoms with van der Waals surface area (Å²) in [5, 5.41) is 0. The van der Waals surface area contributed by atoms with Crippen LogP contribution in [0.15, 0.2) is 54.6 Å². The zero-order valence-corrected chi connectivity index (χ0v) is 14.1. The molecule has 0 bridgehead atoms. The van der Waals surface area contributed by atoms with Gasteiger partial charge in [0.2, 0.25) is 10.0 Å². The fraction of sp³-hybridized carbons (Fsp3) is 0.333. The van der Waals surface area contributed by atoms with Crippen molar-refractivity contribution in [2.75, 3.05) is 17.2 Å². The van der Waals surface area contributed by atoms with Crippen LogP contribution in [-0.4, -0.2) is 20.7 Å². The van der Waals surface area contributed by atoms with Crippen LogP contribution < -0.4 is 9.62 Å². The number of hydrogen-bond acceptors (Lipinski definition) is 3. The predicted molar refractivity (Wildman–Crippen MR) is 94.5 cm³/mol. The molecule has 4 nitrogen and oxygen atoms in total. The van der Waals surface area contributed by atoms with Crippen LogP contribution in [0.4, 0.5) is 11.4 Å². The van der Waals surface area contributed by atoms with E-state index in [2.05, 4.69) is 27.8 Å². The first-order valence-corrected chi connectivity index (χ1v) is 9.67. The molecule has 2 aromatic rings. The molecule has 1 aliphatic rings. The molecule has 1 heterocycles. The minimum Gasteiger partial charge on any atom is -0.341 e.